The fourth-order valence-electron chi connectivity index (χ4n) is 6.75. The first-order valence-electron chi connectivity index (χ1n) is 12.8. The van der Waals surface area contributed by atoms with Gasteiger partial charge in [-0.3, -0.25) is 14.4 Å². The lowest BCUT2D eigenvalue weighted by Gasteiger charge is -2.52. The van der Waals surface area contributed by atoms with Crippen molar-refractivity contribution in [2.75, 3.05) is 4.90 Å². The average molecular weight is 550 g/mol. The van der Waals surface area contributed by atoms with Crippen LogP contribution in [0.25, 0.3) is 0 Å². The molecule has 4 aromatic rings. The van der Waals surface area contributed by atoms with Crippen molar-refractivity contribution in [3.05, 3.63) is 136 Å². The van der Waals surface area contributed by atoms with Gasteiger partial charge in [0.2, 0.25) is 11.8 Å². The first-order chi connectivity index (χ1) is 19.4. The molecule has 4 aliphatic rings. The molecular weight excluding hydrogens is 529 g/mol. The Hall–Kier alpha value is -4.62. The van der Waals surface area contributed by atoms with Gasteiger partial charge in [0.1, 0.15) is 5.82 Å². The number of amides is 3. The smallest absolute Gasteiger partial charge is 0.271 e. The van der Waals surface area contributed by atoms with Gasteiger partial charge in [-0.15, -0.1) is 0 Å². The van der Waals surface area contributed by atoms with Crippen LogP contribution in [-0.4, -0.2) is 23.9 Å². The molecular formula is C32H21ClFN3O3. The lowest BCUT2D eigenvalue weighted by molar-refractivity contribution is -0.122. The van der Waals surface area contributed by atoms with Crippen molar-refractivity contribution in [1.29, 1.82) is 0 Å². The molecule has 2 bridgehead atoms. The molecule has 0 radical (unpaired) electrons. The summed E-state index contributed by atoms with van der Waals surface area (Å²) >= 11 is 5.96. The highest BCUT2D eigenvalue weighted by molar-refractivity contribution is 6.30. The molecule has 0 unspecified atom stereocenters. The largest absolute Gasteiger partial charge is 0.274 e. The van der Waals surface area contributed by atoms with Crippen LogP contribution in [0.3, 0.4) is 0 Å². The van der Waals surface area contributed by atoms with E-state index in [0.29, 0.717) is 16.3 Å². The van der Waals surface area contributed by atoms with Crippen LogP contribution in [0.1, 0.15) is 38.5 Å². The first-order valence-corrected chi connectivity index (χ1v) is 13.2. The van der Waals surface area contributed by atoms with Crippen molar-refractivity contribution in [3.8, 4) is 0 Å². The number of hydrazone groups is 1. The zero-order valence-corrected chi connectivity index (χ0v) is 21.7. The van der Waals surface area contributed by atoms with E-state index in [2.05, 4.69) is 10.5 Å². The molecule has 8 rings (SSSR count). The second kappa shape index (κ2) is 8.96. The average Bonchev–Trinajstić information content (AvgIpc) is 3.24. The summed E-state index contributed by atoms with van der Waals surface area (Å²) in [6, 6.07) is 27.3. The number of anilines is 1. The van der Waals surface area contributed by atoms with Crippen LogP contribution in [0.15, 0.2) is 102 Å². The number of carbonyl (C=O) groups is 3. The van der Waals surface area contributed by atoms with Crippen LogP contribution in [0.5, 0.6) is 0 Å². The fourth-order valence-corrected chi connectivity index (χ4v) is 6.88. The van der Waals surface area contributed by atoms with Gasteiger partial charge >= 0.3 is 0 Å². The van der Waals surface area contributed by atoms with Gasteiger partial charge in [0, 0.05) is 22.7 Å². The summed E-state index contributed by atoms with van der Waals surface area (Å²) in [5, 5.41) is 4.91. The number of benzene rings is 4. The van der Waals surface area contributed by atoms with E-state index in [4.69, 9.17) is 11.6 Å². The Morgan fingerprint density at radius 3 is 2.08 bits per heavy atom. The number of halogens is 2. The van der Waals surface area contributed by atoms with Crippen LogP contribution >= 0.6 is 11.6 Å². The van der Waals surface area contributed by atoms with Gasteiger partial charge in [0.05, 0.1) is 22.9 Å². The van der Waals surface area contributed by atoms with Gasteiger partial charge in [0.25, 0.3) is 5.91 Å². The van der Waals surface area contributed by atoms with Crippen molar-refractivity contribution >= 4 is 41.2 Å². The van der Waals surface area contributed by atoms with Gasteiger partial charge in [-0.05, 0) is 70.8 Å². The predicted octanol–water partition coefficient (Wildman–Crippen LogP) is 5.45. The number of nitrogens with one attached hydrogen (secondary N) is 1. The molecule has 2 atom stereocenters. The molecule has 1 N–H and O–H groups in total. The summed E-state index contributed by atoms with van der Waals surface area (Å²) in [6.45, 7) is 0. The second-order valence-corrected chi connectivity index (χ2v) is 10.7. The standard InChI is InChI=1S/C32H21ClFN3O3/c33-19-11-9-18(10-12-19)29(38)36-35-17-32-24-7-3-1-5-22(24)26(23-6-2-4-8-25(23)32)27-28(32)31(40)37(30(27)39)21-15-13-20(34)14-16-21/h1-17,26-28H,(H,36,38)/b35-17-/t26?,27-,28+,32?/m1/s1. The molecule has 8 heteroatoms. The number of hydrogen-bond donors (Lipinski definition) is 1. The minimum absolute atomic E-state index is 0.321. The third-order valence-corrected chi connectivity index (χ3v) is 8.56. The lowest BCUT2D eigenvalue weighted by Crippen LogP contribution is -2.54. The van der Waals surface area contributed by atoms with Crippen molar-refractivity contribution in [3.63, 3.8) is 0 Å². The molecule has 6 nitrogen and oxygen atoms in total. The zero-order chi connectivity index (χ0) is 27.6. The fraction of sp³-hybridized carbons (Fsp3) is 0.125. The van der Waals surface area contributed by atoms with Crippen molar-refractivity contribution in [1.82, 2.24) is 5.43 Å². The van der Waals surface area contributed by atoms with Gasteiger partial charge in [-0.2, -0.15) is 5.10 Å². The topological polar surface area (TPSA) is 78.8 Å². The summed E-state index contributed by atoms with van der Waals surface area (Å²) in [5.74, 6) is -3.45. The third kappa shape index (κ3) is 3.34. The van der Waals surface area contributed by atoms with Crippen LogP contribution < -0.4 is 10.3 Å². The quantitative estimate of drug-likeness (QED) is 0.209. The molecule has 3 aliphatic carbocycles. The van der Waals surface area contributed by atoms with Gasteiger partial charge in [0.15, 0.2) is 0 Å². The highest BCUT2D eigenvalue weighted by Crippen LogP contribution is 2.63. The molecule has 40 heavy (non-hydrogen) atoms. The predicted molar refractivity (Wildman–Crippen MR) is 149 cm³/mol. The molecule has 1 heterocycles. The Morgan fingerprint density at radius 2 is 1.45 bits per heavy atom. The first kappa shape index (κ1) is 24.4. The van der Waals surface area contributed by atoms with Gasteiger partial charge < -0.3 is 0 Å². The molecule has 196 valence electrons. The molecule has 0 saturated carbocycles. The highest BCUT2D eigenvalue weighted by atomic mass is 35.5. The van der Waals surface area contributed by atoms with Crippen molar-refractivity contribution in [2.45, 2.75) is 11.3 Å². The Labute approximate surface area is 234 Å². The minimum Gasteiger partial charge on any atom is -0.274 e. The van der Waals surface area contributed by atoms with E-state index in [1.807, 2.05) is 48.5 Å². The number of carbonyl (C=O) groups excluding carboxylic acids is 3. The molecule has 1 saturated heterocycles. The Morgan fingerprint density at radius 1 is 0.850 bits per heavy atom. The second-order valence-electron chi connectivity index (χ2n) is 10.2. The summed E-state index contributed by atoms with van der Waals surface area (Å²) in [5.41, 5.74) is 5.79. The van der Waals surface area contributed by atoms with E-state index in [0.717, 1.165) is 22.3 Å². The Balaban J connectivity index is 1.39. The van der Waals surface area contributed by atoms with Crippen LogP contribution in [0, 0.1) is 17.7 Å². The molecule has 0 aromatic heterocycles. The van der Waals surface area contributed by atoms with Gasteiger partial charge in [-0.1, -0.05) is 60.1 Å². The Kier molecular flexibility index (Phi) is 5.47. The summed E-state index contributed by atoms with van der Waals surface area (Å²) in [4.78, 5) is 42.4. The van der Waals surface area contributed by atoms with E-state index in [9.17, 15) is 18.8 Å². The number of rotatable bonds is 4. The highest BCUT2D eigenvalue weighted by Gasteiger charge is 2.68. The molecule has 1 fully saturated rings. The normalized spacial score (nSPS) is 24.1. The van der Waals surface area contributed by atoms with E-state index in [1.165, 1.54) is 29.2 Å². The van der Waals surface area contributed by atoms with E-state index >= 15 is 0 Å². The van der Waals surface area contributed by atoms with E-state index in [1.54, 1.807) is 30.5 Å². The van der Waals surface area contributed by atoms with Crippen LogP contribution in [0.4, 0.5) is 10.1 Å². The summed E-state index contributed by atoms with van der Waals surface area (Å²) in [7, 11) is 0. The molecule has 1 aliphatic heterocycles. The van der Waals surface area contributed by atoms with Crippen LogP contribution in [-0.2, 0) is 15.0 Å². The van der Waals surface area contributed by atoms with E-state index in [-0.39, 0.29) is 17.7 Å². The van der Waals surface area contributed by atoms with Crippen LogP contribution in [0.2, 0.25) is 5.02 Å². The van der Waals surface area contributed by atoms with E-state index < -0.39 is 29.0 Å². The van der Waals surface area contributed by atoms with Gasteiger partial charge in [-0.25, -0.2) is 14.7 Å². The molecule has 0 spiro atoms. The maximum atomic E-state index is 14.3. The summed E-state index contributed by atoms with van der Waals surface area (Å²) in [6.07, 6.45) is 1.60. The Bertz CT molecular complexity index is 1690. The van der Waals surface area contributed by atoms with Crippen molar-refractivity contribution < 1.29 is 18.8 Å². The number of nitrogens with zero attached hydrogens (tertiary/aromatic N) is 2. The molecule has 3 amide bonds. The zero-order valence-electron chi connectivity index (χ0n) is 20.9. The monoisotopic (exact) mass is 549 g/mol. The lowest BCUT2D eigenvalue weighted by atomic mass is 9.47. The SMILES string of the molecule is O=C(N/N=C\C12c3ccccc3C(c3ccccc31)[C@H]1C(=O)N(c3ccc(F)cc3)C(=O)[C@H]12)c1ccc(Cl)cc1. The number of hydrogen-bond acceptors (Lipinski definition) is 4. The third-order valence-electron chi connectivity index (χ3n) is 8.31. The van der Waals surface area contributed by atoms with Crippen molar-refractivity contribution in [2.24, 2.45) is 16.9 Å². The maximum Gasteiger partial charge on any atom is 0.271 e. The molecule has 4 aromatic carbocycles. The maximum absolute atomic E-state index is 14.3. The summed E-state index contributed by atoms with van der Waals surface area (Å²) < 4.78 is 13.7. The minimum atomic E-state index is -1.12. The number of imide groups is 1.